The van der Waals surface area contributed by atoms with Gasteiger partial charge in [0.1, 0.15) is 0 Å². The predicted molar refractivity (Wildman–Crippen MR) is 54.1 cm³/mol. The third-order valence-electron chi connectivity index (χ3n) is 2.98. The van der Waals surface area contributed by atoms with Crippen molar-refractivity contribution in [3.8, 4) is 0 Å². The van der Waals surface area contributed by atoms with Crippen LogP contribution in [0.2, 0.25) is 0 Å². The summed E-state index contributed by atoms with van der Waals surface area (Å²) in [6, 6.07) is 8.20. The number of aryl methyl sites for hydroxylation is 1. The van der Waals surface area contributed by atoms with Crippen molar-refractivity contribution in [1.82, 2.24) is 0 Å². The van der Waals surface area contributed by atoms with Crippen molar-refractivity contribution >= 4 is 5.97 Å². The van der Waals surface area contributed by atoms with E-state index in [1.54, 1.807) is 0 Å². The number of benzene rings is 1. The normalized spacial score (nSPS) is 24.6. The number of carboxylic acids is 1. The predicted octanol–water partition coefficient (Wildman–Crippen LogP) is 2.26. The molecule has 1 aromatic carbocycles. The van der Waals surface area contributed by atoms with Crippen LogP contribution >= 0.6 is 0 Å². The Morgan fingerprint density at radius 1 is 1.50 bits per heavy atom. The number of rotatable bonds is 3. The molecule has 1 N–H and O–H groups in total. The first-order chi connectivity index (χ1) is 6.68. The van der Waals surface area contributed by atoms with Gasteiger partial charge in [-0.25, -0.2) is 0 Å². The van der Waals surface area contributed by atoms with Gasteiger partial charge in [0, 0.05) is 0 Å². The van der Waals surface area contributed by atoms with Crippen LogP contribution in [-0.4, -0.2) is 11.1 Å². The Morgan fingerprint density at radius 3 is 2.79 bits per heavy atom. The summed E-state index contributed by atoms with van der Waals surface area (Å²) in [6.45, 7) is 2.08. The molecule has 1 saturated carbocycles. The van der Waals surface area contributed by atoms with Gasteiger partial charge in [0.05, 0.1) is 5.92 Å². The van der Waals surface area contributed by atoms with Gasteiger partial charge in [0.15, 0.2) is 0 Å². The molecule has 0 saturated heterocycles. The Kier molecular flexibility index (Phi) is 2.28. The Labute approximate surface area is 83.6 Å². The van der Waals surface area contributed by atoms with Crippen molar-refractivity contribution in [2.75, 3.05) is 0 Å². The van der Waals surface area contributed by atoms with Crippen LogP contribution in [0.15, 0.2) is 24.3 Å². The quantitative estimate of drug-likeness (QED) is 0.793. The highest BCUT2D eigenvalue weighted by Gasteiger charge is 2.42. The summed E-state index contributed by atoms with van der Waals surface area (Å²) in [4.78, 5) is 10.6. The average molecular weight is 190 g/mol. The lowest BCUT2D eigenvalue weighted by Crippen LogP contribution is -2.01. The van der Waals surface area contributed by atoms with E-state index in [0.29, 0.717) is 5.92 Å². The molecule has 0 aliphatic heterocycles. The summed E-state index contributed by atoms with van der Waals surface area (Å²) >= 11 is 0. The van der Waals surface area contributed by atoms with Crippen molar-refractivity contribution in [3.05, 3.63) is 35.4 Å². The number of aliphatic carboxylic acids is 1. The van der Waals surface area contributed by atoms with Crippen LogP contribution in [0.1, 0.15) is 17.5 Å². The Bertz CT molecular complexity index is 357. The minimum absolute atomic E-state index is 0.0883. The van der Waals surface area contributed by atoms with Crippen molar-refractivity contribution in [3.63, 3.8) is 0 Å². The fourth-order valence-electron chi connectivity index (χ4n) is 1.90. The molecule has 2 unspecified atom stereocenters. The maximum atomic E-state index is 10.6. The maximum absolute atomic E-state index is 10.6. The molecule has 1 aliphatic rings. The first-order valence-electron chi connectivity index (χ1n) is 4.96. The highest BCUT2D eigenvalue weighted by molar-refractivity contribution is 5.73. The third kappa shape index (κ3) is 1.79. The topological polar surface area (TPSA) is 37.3 Å². The molecule has 2 rings (SSSR count). The zero-order valence-corrected chi connectivity index (χ0v) is 8.23. The standard InChI is InChI=1S/C12H14O2/c1-8-4-2-3-5-9(8)6-10-7-11(10)12(13)14/h2-5,10-11H,6-7H2,1H3,(H,13,14). The van der Waals surface area contributed by atoms with Crippen LogP contribution in [-0.2, 0) is 11.2 Å². The summed E-state index contributed by atoms with van der Waals surface area (Å²) in [5.41, 5.74) is 2.56. The van der Waals surface area contributed by atoms with E-state index in [0.717, 1.165) is 12.8 Å². The van der Waals surface area contributed by atoms with Crippen LogP contribution in [0.25, 0.3) is 0 Å². The van der Waals surface area contributed by atoms with E-state index in [2.05, 4.69) is 19.1 Å². The average Bonchev–Trinajstić information content (AvgIpc) is 2.88. The third-order valence-corrected chi connectivity index (χ3v) is 2.98. The van der Waals surface area contributed by atoms with Crippen LogP contribution in [0.3, 0.4) is 0 Å². The monoisotopic (exact) mass is 190 g/mol. The van der Waals surface area contributed by atoms with Gasteiger partial charge in [-0.15, -0.1) is 0 Å². The Morgan fingerprint density at radius 2 is 2.21 bits per heavy atom. The minimum atomic E-state index is -0.636. The van der Waals surface area contributed by atoms with Gasteiger partial charge in [0.2, 0.25) is 0 Å². The molecule has 0 bridgehead atoms. The molecule has 0 amide bonds. The highest BCUT2D eigenvalue weighted by Crippen LogP contribution is 2.41. The minimum Gasteiger partial charge on any atom is -0.481 e. The summed E-state index contributed by atoms with van der Waals surface area (Å²) in [5.74, 6) is -0.355. The van der Waals surface area contributed by atoms with Gasteiger partial charge in [-0.2, -0.15) is 0 Å². The van der Waals surface area contributed by atoms with E-state index in [-0.39, 0.29) is 5.92 Å². The van der Waals surface area contributed by atoms with Crippen molar-refractivity contribution < 1.29 is 9.90 Å². The van der Waals surface area contributed by atoms with Gasteiger partial charge in [0.25, 0.3) is 0 Å². The molecule has 1 aliphatic carbocycles. The van der Waals surface area contributed by atoms with Crippen LogP contribution in [0, 0.1) is 18.8 Å². The second-order valence-electron chi connectivity index (χ2n) is 4.07. The van der Waals surface area contributed by atoms with Crippen LogP contribution in [0.4, 0.5) is 0 Å². The van der Waals surface area contributed by atoms with Crippen molar-refractivity contribution in [2.24, 2.45) is 11.8 Å². The molecule has 2 atom stereocenters. The van der Waals surface area contributed by atoms with Gasteiger partial charge >= 0.3 is 5.97 Å². The van der Waals surface area contributed by atoms with Gasteiger partial charge < -0.3 is 5.11 Å². The smallest absolute Gasteiger partial charge is 0.306 e. The van der Waals surface area contributed by atoms with Crippen molar-refractivity contribution in [2.45, 2.75) is 19.8 Å². The molecular formula is C12H14O2. The molecule has 0 heterocycles. The molecule has 1 aromatic rings. The SMILES string of the molecule is Cc1ccccc1CC1CC1C(=O)O. The second-order valence-corrected chi connectivity index (χ2v) is 4.07. The Hall–Kier alpha value is -1.31. The van der Waals surface area contributed by atoms with Gasteiger partial charge in [-0.1, -0.05) is 24.3 Å². The van der Waals surface area contributed by atoms with E-state index >= 15 is 0 Å². The van der Waals surface area contributed by atoms with Crippen molar-refractivity contribution in [1.29, 1.82) is 0 Å². The number of carboxylic acid groups (broad SMARTS) is 1. The fraction of sp³-hybridized carbons (Fsp3) is 0.417. The molecule has 2 heteroatoms. The largest absolute Gasteiger partial charge is 0.481 e. The van der Waals surface area contributed by atoms with Crippen LogP contribution < -0.4 is 0 Å². The molecule has 2 nitrogen and oxygen atoms in total. The summed E-state index contributed by atoms with van der Waals surface area (Å²) < 4.78 is 0. The summed E-state index contributed by atoms with van der Waals surface area (Å²) in [7, 11) is 0. The first-order valence-corrected chi connectivity index (χ1v) is 4.96. The zero-order valence-electron chi connectivity index (χ0n) is 8.23. The summed E-state index contributed by atoms with van der Waals surface area (Å²) in [6.07, 6.45) is 1.77. The zero-order chi connectivity index (χ0) is 10.1. The molecule has 74 valence electrons. The number of carbonyl (C=O) groups is 1. The van der Waals surface area contributed by atoms with E-state index in [1.165, 1.54) is 11.1 Å². The lowest BCUT2D eigenvalue weighted by molar-refractivity contribution is -0.138. The van der Waals surface area contributed by atoms with Gasteiger partial charge in [-0.3, -0.25) is 4.79 Å². The van der Waals surface area contributed by atoms with Crippen LogP contribution in [0.5, 0.6) is 0 Å². The fourth-order valence-corrected chi connectivity index (χ4v) is 1.90. The molecular weight excluding hydrogens is 176 g/mol. The second kappa shape index (κ2) is 3.45. The molecule has 14 heavy (non-hydrogen) atoms. The van der Waals surface area contributed by atoms with E-state index in [4.69, 9.17) is 5.11 Å². The van der Waals surface area contributed by atoms with Gasteiger partial charge in [-0.05, 0) is 36.8 Å². The van der Waals surface area contributed by atoms with E-state index in [1.807, 2.05) is 12.1 Å². The number of hydrogen-bond acceptors (Lipinski definition) is 1. The van der Waals surface area contributed by atoms with E-state index < -0.39 is 5.97 Å². The Balaban J connectivity index is 2.00. The maximum Gasteiger partial charge on any atom is 0.306 e. The summed E-state index contributed by atoms with van der Waals surface area (Å²) in [5, 5.41) is 8.77. The highest BCUT2D eigenvalue weighted by atomic mass is 16.4. The molecule has 0 aromatic heterocycles. The molecule has 0 spiro atoms. The lowest BCUT2D eigenvalue weighted by Gasteiger charge is -2.03. The molecule has 1 fully saturated rings. The molecule has 0 radical (unpaired) electrons. The number of hydrogen-bond donors (Lipinski definition) is 1. The first kappa shape index (κ1) is 9.25. The lowest BCUT2D eigenvalue weighted by atomic mass is 10.0. The van der Waals surface area contributed by atoms with E-state index in [9.17, 15) is 4.79 Å².